The summed E-state index contributed by atoms with van der Waals surface area (Å²) in [6.07, 6.45) is 1.55. The molecular weight excluding hydrogens is 296 g/mol. The van der Waals surface area contributed by atoms with Gasteiger partial charge in [-0.1, -0.05) is 19.1 Å². The van der Waals surface area contributed by atoms with Gasteiger partial charge < -0.3 is 15.1 Å². The highest BCUT2D eigenvalue weighted by molar-refractivity contribution is 5.90. The smallest absolute Gasteiger partial charge is 0.235 e. The van der Waals surface area contributed by atoms with Crippen LogP contribution in [0.2, 0.25) is 0 Å². The molecule has 0 bridgehead atoms. The number of carbonyl (C=O) groups excluding carboxylic acids is 2. The van der Waals surface area contributed by atoms with Crippen molar-refractivity contribution in [1.82, 2.24) is 15.5 Å². The SMILES string of the molecule is CCCC(=O)Nc1ccc(CC(=O)NCc2nnc(C)o2)cc1. The summed E-state index contributed by atoms with van der Waals surface area (Å²) >= 11 is 0. The summed E-state index contributed by atoms with van der Waals surface area (Å²) in [5.74, 6) is 0.705. The maximum atomic E-state index is 11.9. The summed E-state index contributed by atoms with van der Waals surface area (Å²) in [7, 11) is 0. The van der Waals surface area contributed by atoms with E-state index in [1.807, 2.05) is 19.1 Å². The maximum Gasteiger partial charge on any atom is 0.235 e. The molecule has 2 rings (SSSR count). The van der Waals surface area contributed by atoms with E-state index in [-0.39, 0.29) is 24.8 Å². The first-order valence-electron chi connectivity index (χ1n) is 7.51. The van der Waals surface area contributed by atoms with E-state index in [1.54, 1.807) is 19.1 Å². The molecule has 7 nitrogen and oxygen atoms in total. The first-order valence-corrected chi connectivity index (χ1v) is 7.51. The molecule has 0 fully saturated rings. The average molecular weight is 316 g/mol. The van der Waals surface area contributed by atoms with Gasteiger partial charge in [-0.05, 0) is 24.1 Å². The van der Waals surface area contributed by atoms with Crippen molar-refractivity contribution in [3.05, 3.63) is 41.6 Å². The Morgan fingerprint density at radius 2 is 1.87 bits per heavy atom. The van der Waals surface area contributed by atoms with Crippen LogP contribution in [-0.2, 0) is 22.6 Å². The van der Waals surface area contributed by atoms with Crippen molar-refractivity contribution < 1.29 is 14.0 Å². The number of aromatic nitrogens is 2. The number of aryl methyl sites for hydroxylation is 1. The van der Waals surface area contributed by atoms with Crippen LogP contribution in [0.4, 0.5) is 5.69 Å². The number of hydrogen-bond donors (Lipinski definition) is 2. The van der Waals surface area contributed by atoms with Crippen LogP contribution in [0.1, 0.15) is 37.1 Å². The highest BCUT2D eigenvalue weighted by atomic mass is 16.4. The molecule has 0 aliphatic rings. The summed E-state index contributed by atoms with van der Waals surface area (Å²) in [5, 5.41) is 13.0. The predicted octanol–water partition coefficient (Wildman–Crippen LogP) is 1.98. The molecule has 1 aromatic heterocycles. The molecule has 2 N–H and O–H groups in total. The van der Waals surface area contributed by atoms with Gasteiger partial charge in [0, 0.05) is 19.0 Å². The lowest BCUT2D eigenvalue weighted by atomic mass is 10.1. The summed E-state index contributed by atoms with van der Waals surface area (Å²) in [4.78, 5) is 23.4. The molecule has 23 heavy (non-hydrogen) atoms. The van der Waals surface area contributed by atoms with Gasteiger partial charge in [-0.3, -0.25) is 9.59 Å². The molecule has 1 heterocycles. The lowest BCUT2D eigenvalue weighted by Crippen LogP contribution is -2.24. The quantitative estimate of drug-likeness (QED) is 0.814. The topological polar surface area (TPSA) is 97.1 Å². The van der Waals surface area contributed by atoms with Gasteiger partial charge in [0.05, 0.1) is 13.0 Å². The fourth-order valence-corrected chi connectivity index (χ4v) is 1.99. The Bertz CT molecular complexity index is 664. The Balaban J connectivity index is 1.80. The number of nitrogens with one attached hydrogen (secondary N) is 2. The molecular formula is C16H20N4O3. The molecule has 2 amide bonds. The largest absolute Gasteiger partial charge is 0.424 e. The Hall–Kier alpha value is -2.70. The van der Waals surface area contributed by atoms with Crippen molar-refractivity contribution in [1.29, 1.82) is 0 Å². The van der Waals surface area contributed by atoms with E-state index in [4.69, 9.17) is 4.42 Å². The number of hydrogen-bond acceptors (Lipinski definition) is 5. The molecule has 0 unspecified atom stereocenters. The minimum absolute atomic E-state index is 0.00663. The number of carbonyl (C=O) groups is 2. The Labute approximate surface area is 134 Å². The van der Waals surface area contributed by atoms with Crippen LogP contribution < -0.4 is 10.6 Å². The van der Waals surface area contributed by atoms with E-state index in [0.717, 1.165) is 17.7 Å². The van der Waals surface area contributed by atoms with E-state index in [0.29, 0.717) is 18.2 Å². The molecule has 122 valence electrons. The maximum absolute atomic E-state index is 11.9. The van der Waals surface area contributed by atoms with Crippen LogP contribution in [0.25, 0.3) is 0 Å². The predicted molar refractivity (Wildman–Crippen MR) is 84.6 cm³/mol. The van der Waals surface area contributed by atoms with E-state index >= 15 is 0 Å². The third-order valence-corrected chi connectivity index (χ3v) is 3.08. The number of rotatable bonds is 7. The van der Waals surface area contributed by atoms with E-state index in [2.05, 4.69) is 20.8 Å². The lowest BCUT2D eigenvalue weighted by molar-refractivity contribution is -0.120. The zero-order valence-corrected chi connectivity index (χ0v) is 13.3. The number of nitrogens with zero attached hydrogens (tertiary/aromatic N) is 2. The van der Waals surface area contributed by atoms with Gasteiger partial charge in [-0.2, -0.15) is 0 Å². The molecule has 0 aliphatic heterocycles. The van der Waals surface area contributed by atoms with Crippen LogP contribution in [0.5, 0.6) is 0 Å². The average Bonchev–Trinajstić information content (AvgIpc) is 2.93. The van der Waals surface area contributed by atoms with Gasteiger partial charge in [0.2, 0.25) is 23.6 Å². The lowest BCUT2D eigenvalue weighted by Gasteiger charge is -2.06. The van der Waals surface area contributed by atoms with Crippen LogP contribution >= 0.6 is 0 Å². The number of anilines is 1. The van der Waals surface area contributed by atoms with Crippen LogP contribution in [0.15, 0.2) is 28.7 Å². The highest BCUT2D eigenvalue weighted by Crippen LogP contribution is 2.11. The summed E-state index contributed by atoms with van der Waals surface area (Å²) in [5.41, 5.74) is 1.59. The Morgan fingerprint density at radius 1 is 1.13 bits per heavy atom. The summed E-state index contributed by atoms with van der Waals surface area (Å²) < 4.78 is 5.18. The molecule has 0 aliphatic carbocycles. The van der Waals surface area contributed by atoms with Crippen LogP contribution in [-0.4, -0.2) is 22.0 Å². The second kappa shape index (κ2) is 8.07. The normalized spacial score (nSPS) is 10.3. The van der Waals surface area contributed by atoms with Crippen LogP contribution in [0.3, 0.4) is 0 Å². The first-order chi connectivity index (χ1) is 11.1. The monoisotopic (exact) mass is 316 g/mol. The van der Waals surface area contributed by atoms with Gasteiger partial charge in [-0.15, -0.1) is 10.2 Å². The van der Waals surface area contributed by atoms with Gasteiger partial charge in [0.15, 0.2) is 0 Å². The Morgan fingerprint density at radius 3 is 2.48 bits per heavy atom. The molecule has 0 saturated carbocycles. The van der Waals surface area contributed by atoms with Gasteiger partial charge in [0.1, 0.15) is 0 Å². The van der Waals surface area contributed by atoms with E-state index < -0.39 is 0 Å². The third-order valence-electron chi connectivity index (χ3n) is 3.08. The van der Waals surface area contributed by atoms with Crippen molar-refractivity contribution in [3.63, 3.8) is 0 Å². The second-order valence-electron chi connectivity index (χ2n) is 5.16. The zero-order valence-electron chi connectivity index (χ0n) is 13.3. The van der Waals surface area contributed by atoms with Gasteiger partial charge >= 0.3 is 0 Å². The third kappa shape index (κ3) is 5.54. The number of benzene rings is 1. The summed E-state index contributed by atoms with van der Waals surface area (Å²) in [6.45, 7) is 3.86. The van der Waals surface area contributed by atoms with Crippen molar-refractivity contribution >= 4 is 17.5 Å². The van der Waals surface area contributed by atoms with Crippen LogP contribution in [0, 0.1) is 6.92 Å². The molecule has 7 heteroatoms. The minimum Gasteiger partial charge on any atom is -0.424 e. The minimum atomic E-state index is -0.136. The first kappa shape index (κ1) is 16.7. The van der Waals surface area contributed by atoms with Crippen molar-refractivity contribution in [3.8, 4) is 0 Å². The molecule has 0 saturated heterocycles. The van der Waals surface area contributed by atoms with Crippen molar-refractivity contribution in [2.75, 3.05) is 5.32 Å². The highest BCUT2D eigenvalue weighted by Gasteiger charge is 2.07. The van der Waals surface area contributed by atoms with Crippen molar-refractivity contribution in [2.24, 2.45) is 0 Å². The fraction of sp³-hybridized carbons (Fsp3) is 0.375. The van der Waals surface area contributed by atoms with Gasteiger partial charge in [-0.25, -0.2) is 0 Å². The van der Waals surface area contributed by atoms with E-state index in [9.17, 15) is 9.59 Å². The zero-order chi connectivity index (χ0) is 16.7. The Kier molecular flexibility index (Phi) is 5.85. The van der Waals surface area contributed by atoms with E-state index in [1.165, 1.54) is 0 Å². The number of amides is 2. The molecule has 0 spiro atoms. The molecule has 0 atom stereocenters. The molecule has 2 aromatic rings. The second-order valence-corrected chi connectivity index (χ2v) is 5.16. The molecule has 0 radical (unpaired) electrons. The van der Waals surface area contributed by atoms with Gasteiger partial charge in [0.25, 0.3) is 0 Å². The molecule has 1 aromatic carbocycles. The fourth-order valence-electron chi connectivity index (χ4n) is 1.99. The van der Waals surface area contributed by atoms with Crippen molar-refractivity contribution in [2.45, 2.75) is 39.7 Å². The standard InChI is InChI=1S/C16H20N4O3/c1-3-4-14(21)18-13-7-5-12(6-8-13)9-15(22)17-10-16-20-19-11(2)23-16/h5-8H,3-4,9-10H2,1-2H3,(H,17,22)(H,18,21). The summed E-state index contributed by atoms with van der Waals surface area (Å²) in [6, 6.07) is 7.21.